The van der Waals surface area contributed by atoms with E-state index < -0.39 is 0 Å². The highest BCUT2D eigenvalue weighted by Gasteiger charge is 2.51. The third-order valence-corrected chi connectivity index (χ3v) is 18.6. The summed E-state index contributed by atoms with van der Waals surface area (Å²) in [5, 5.41) is 2.22. The fraction of sp³-hybridized carbons (Fsp3) is 0.241. The average molecular weight is 1090 g/mol. The predicted molar refractivity (Wildman–Crippen MR) is 360 cm³/mol. The van der Waals surface area contributed by atoms with Crippen LogP contribution in [-0.4, -0.2) is 6.85 Å². The second-order valence-corrected chi connectivity index (χ2v) is 28.6. The zero-order chi connectivity index (χ0) is 58.6. The van der Waals surface area contributed by atoms with Crippen molar-refractivity contribution in [2.45, 2.75) is 124 Å². The molecule has 0 bridgehead atoms. The fourth-order valence-corrected chi connectivity index (χ4v) is 14.0. The van der Waals surface area contributed by atoms with Gasteiger partial charge < -0.3 is 19.0 Å². The van der Waals surface area contributed by atoms with Gasteiger partial charge in [-0.15, -0.1) is 0 Å². The lowest BCUT2D eigenvalue weighted by Gasteiger charge is -2.47. The molecule has 10 aromatic carbocycles. The van der Waals surface area contributed by atoms with Crippen LogP contribution in [-0.2, 0) is 27.1 Å². The zero-order valence-electron chi connectivity index (χ0n) is 51.5. The van der Waals surface area contributed by atoms with Crippen LogP contribution in [0.25, 0.3) is 55.3 Å². The lowest BCUT2D eigenvalue weighted by atomic mass is 9.43. The molecule has 1 aliphatic carbocycles. The number of hydrogen-bond acceptors (Lipinski definition) is 4. The molecule has 0 amide bonds. The Morgan fingerprint density at radius 2 is 1.00 bits per heavy atom. The van der Waals surface area contributed by atoms with Gasteiger partial charge in [0.05, 0.1) is 5.69 Å². The number of hydrogen-bond donors (Lipinski definition) is 0. The first-order valence-corrected chi connectivity index (χ1v) is 30.3. The summed E-state index contributed by atoms with van der Waals surface area (Å²) in [6.07, 6.45) is 0. The normalized spacial score (nSPS) is 14.3. The van der Waals surface area contributed by atoms with Crippen molar-refractivity contribution in [1.82, 2.24) is 0 Å². The molecule has 5 heteroatoms. The Hall–Kier alpha value is -8.54. The number of para-hydroxylation sites is 1. The lowest BCUT2D eigenvalue weighted by Crippen LogP contribution is -2.62. The molecule has 11 aromatic rings. The van der Waals surface area contributed by atoms with Gasteiger partial charge in [0.25, 0.3) is 0 Å². The Kier molecular flexibility index (Phi) is 11.9. The zero-order valence-corrected chi connectivity index (χ0v) is 51.5. The van der Waals surface area contributed by atoms with Gasteiger partial charge in [0.2, 0.25) is 0 Å². The molecule has 0 fully saturated rings. The molecule has 416 valence electrons. The van der Waals surface area contributed by atoms with Crippen LogP contribution < -0.4 is 25.5 Å². The first kappa shape index (κ1) is 53.5. The maximum Gasteiger partial charge on any atom is 0.333 e. The number of nitrogens with zero attached hydrogens (tertiary/aromatic N) is 3. The van der Waals surface area contributed by atoms with E-state index in [1.807, 2.05) is 0 Å². The maximum atomic E-state index is 7.39. The van der Waals surface area contributed by atoms with Crippen LogP contribution in [0.2, 0.25) is 0 Å². The maximum absolute atomic E-state index is 7.39. The first-order valence-electron chi connectivity index (χ1n) is 30.3. The molecule has 3 aliphatic rings. The van der Waals surface area contributed by atoms with Crippen molar-refractivity contribution in [3.05, 3.63) is 240 Å². The minimum Gasteiger partial charge on any atom is -0.455 e. The van der Waals surface area contributed by atoms with Crippen molar-refractivity contribution in [2.75, 3.05) is 14.6 Å². The molecule has 2 aliphatic heterocycles. The third-order valence-electron chi connectivity index (χ3n) is 18.6. The van der Waals surface area contributed by atoms with Gasteiger partial charge in [-0.25, -0.2) is 0 Å². The molecule has 1 aromatic heterocycles. The number of furan rings is 1. The van der Waals surface area contributed by atoms with E-state index >= 15 is 0 Å². The highest BCUT2D eigenvalue weighted by Crippen LogP contribution is 2.60. The Balaban J connectivity index is 1.16. The molecule has 0 N–H and O–H groups in total. The SMILES string of the molecule is CC(C)(C)c1ccc(N2B3c4cc(N(c5cccc(C(C)(C)C)c5)c5cccc(C(C)(C)C)c5)ccc4N(c4ccc(C(C)(C)C)cc4-c4ccccc4)c4cc5c(oc6ccccc65)c(c43)-c3ccc4c(c32)C(C)(C)c2ccccc2-4)cc1. The van der Waals surface area contributed by atoms with Crippen molar-refractivity contribution in [3.63, 3.8) is 0 Å². The Bertz CT molecular complexity index is 4400. The Morgan fingerprint density at radius 1 is 0.429 bits per heavy atom. The van der Waals surface area contributed by atoms with Gasteiger partial charge in [0.1, 0.15) is 11.2 Å². The Morgan fingerprint density at radius 3 is 1.67 bits per heavy atom. The lowest BCUT2D eigenvalue weighted by molar-refractivity contribution is 0.590. The summed E-state index contributed by atoms with van der Waals surface area (Å²) in [5.74, 6) is 0. The number of rotatable bonds is 6. The topological polar surface area (TPSA) is 22.9 Å². The minimum atomic E-state index is -0.347. The average Bonchev–Trinajstić information content (AvgIpc) is 1.32. The summed E-state index contributed by atoms with van der Waals surface area (Å²) in [5.41, 5.74) is 27.8. The highest BCUT2D eigenvalue weighted by molar-refractivity contribution is 6.94. The van der Waals surface area contributed by atoms with E-state index in [0.717, 1.165) is 67.3 Å². The second kappa shape index (κ2) is 18.7. The number of fused-ring (bicyclic) bond motifs is 12. The third kappa shape index (κ3) is 8.39. The fourth-order valence-electron chi connectivity index (χ4n) is 14.0. The summed E-state index contributed by atoms with van der Waals surface area (Å²) in [7, 11) is 0. The van der Waals surface area contributed by atoms with E-state index in [1.54, 1.807) is 0 Å². The molecule has 14 rings (SSSR count). The van der Waals surface area contributed by atoms with Gasteiger partial charge in [-0.2, -0.15) is 0 Å². The smallest absolute Gasteiger partial charge is 0.333 e. The molecule has 84 heavy (non-hydrogen) atoms. The van der Waals surface area contributed by atoms with E-state index in [0.29, 0.717) is 0 Å². The van der Waals surface area contributed by atoms with Crippen molar-refractivity contribution < 1.29 is 4.42 Å². The quantitative estimate of drug-likeness (QED) is 0.155. The largest absolute Gasteiger partial charge is 0.455 e. The van der Waals surface area contributed by atoms with E-state index in [-0.39, 0.29) is 33.9 Å². The molecule has 0 atom stereocenters. The van der Waals surface area contributed by atoms with E-state index in [4.69, 9.17) is 4.42 Å². The van der Waals surface area contributed by atoms with Gasteiger partial charge in [0, 0.05) is 72.7 Å². The van der Waals surface area contributed by atoms with Crippen molar-refractivity contribution in [1.29, 1.82) is 0 Å². The van der Waals surface area contributed by atoms with Gasteiger partial charge >= 0.3 is 6.85 Å². The number of benzene rings is 10. The van der Waals surface area contributed by atoms with Crippen molar-refractivity contribution >= 4 is 85.2 Å². The molecular formula is C79H76BN3O. The molecule has 0 radical (unpaired) electrons. The van der Waals surface area contributed by atoms with E-state index in [9.17, 15) is 0 Å². The minimum absolute atomic E-state index is 0.0419. The second-order valence-electron chi connectivity index (χ2n) is 28.6. The summed E-state index contributed by atoms with van der Waals surface area (Å²) in [4.78, 5) is 7.88. The summed E-state index contributed by atoms with van der Waals surface area (Å²) in [6.45, 7) is 32.4. The van der Waals surface area contributed by atoms with Crippen LogP contribution in [0, 0.1) is 0 Å². The van der Waals surface area contributed by atoms with Crippen LogP contribution >= 0.6 is 0 Å². The molecule has 0 spiro atoms. The summed E-state index contributed by atoms with van der Waals surface area (Å²) in [6, 6.07) is 78.7. The standard InChI is InChI=1S/C79H76BN3O/c1-75(2,3)50-34-37-54(38-35-50)83-73-61(41-40-60-58-30-18-20-32-64(58)79(13,14)71(60)73)70-72-68(48-63-59-31-19-21-33-69(59)84-74(63)70)82(66-42-36-53(78(10,11)12)46-62(66)49-24-16-15-17-25-49)67-43-39-57(47-65(67)80(72)83)81(55-28-22-26-51(44-55)76(4,5)6)56-29-23-27-52(45-56)77(7,8)9/h15-48H,1-14H3. The molecule has 4 nitrogen and oxygen atoms in total. The van der Waals surface area contributed by atoms with Crippen LogP contribution in [0.5, 0.6) is 0 Å². The van der Waals surface area contributed by atoms with Gasteiger partial charge in [0.15, 0.2) is 0 Å². The summed E-state index contributed by atoms with van der Waals surface area (Å²) >= 11 is 0. The van der Waals surface area contributed by atoms with Crippen LogP contribution in [0.4, 0.5) is 45.5 Å². The van der Waals surface area contributed by atoms with Crippen LogP contribution in [0.15, 0.2) is 211 Å². The van der Waals surface area contributed by atoms with Crippen LogP contribution in [0.3, 0.4) is 0 Å². The van der Waals surface area contributed by atoms with Crippen molar-refractivity contribution in [3.8, 4) is 33.4 Å². The van der Waals surface area contributed by atoms with Gasteiger partial charge in [-0.3, -0.25) is 0 Å². The van der Waals surface area contributed by atoms with Gasteiger partial charge in [-0.05, 0) is 162 Å². The van der Waals surface area contributed by atoms with Crippen molar-refractivity contribution in [2.24, 2.45) is 0 Å². The predicted octanol–water partition coefficient (Wildman–Crippen LogP) is 20.9. The first-order chi connectivity index (χ1) is 40.0. The monoisotopic (exact) mass is 1090 g/mol. The molecule has 0 saturated carbocycles. The van der Waals surface area contributed by atoms with Crippen LogP contribution in [0.1, 0.15) is 130 Å². The molecule has 0 unspecified atom stereocenters. The molecule has 0 saturated heterocycles. The Labute approximate surface area is 498 Å². The van der Waals surface area contributed by atoms with E-state index in [2.05, 4.69) is 318 Å². The summed E-state index contributed by atoms with van der Waals surface area (Å²) < 4.78 is 7.39. The van der Waals surface area contributed by atoms with E-state index in [1.165, 1.54) is 77.8 Å². The number of anilines is 8. The molecular weight excluding hydrogens is 1020 g/mol. The van der Waals surface area contributed by atoms with Gasteiger partial charge in [-0.1, -0.05) is 224 Å². The molecule has 3 heterocycles. The highest BCUT2D eigenvalue weighted by atomic mass is 16.3.